The van der Waals surface area contributed by atoms with Gasteiger partial charge in [-0.3, -0.25) is 9.59 Å². The van der Waals surface area contributed by atoms with Crippen LogP contribution in [0.1, 0.15) is 16.3 Å². The lowest BCUT2D eigenvalue weighted by Crippen LogP contribution is -2.28. The van der Waals surface area contributed by atoms with Gasteiger partial charge >= 0.3 is 0 Å². The molecule has 2 heterocycles. The van der Waals surface area contributed by atoms with E-state index in [1.54, 1.807) is 13.4 Å². The molecule has 2 rings (SSSR count). The van der Waals surface area contributed by atoms with E-state index in [9.17, 15) is 9.59 Å². The number of hydrogen-bond donors (Lipinski definition) is 3. The van der Waals surface area contributed by atoms with Crippen molar-refractivity contribution in [2.45, 2.75) is 13.0 Å². The van der Waals surface area contributed by atoms with E-state index in [4.69, 9.17) is 9.84 Å². The Morgan fingerprint density at radius 3 is 3.09 bits per heavy atom. The van der Waals surface area contributed by atoms with Crippen molar-refractivity contribution in [3.05, 3.63) is 40.3 Å². The van der Waals surface area contributed by atoms with Crippen LogP contribution in [0.2, 0.25) is 0 Å². The van der Waals surface area contributed by atoms with Gasteiger partial charge in [0.05, 0.1) is 6.61 Å². The van der Waals surface area contributed by atoms with Crippen LogP contribution in [0, 0.1) is 0 Å². The van der Waals surface area contributed by atoms with Gasteiger partial charge < -0.3 is 24.7 Å². The Hall–Kier alpha value is -2.68. The van der Waals surface area contributed by atoms with Crippen molar-refractivity contribution < 1.29 is 14.6 Å². The van der Waals surface area contributed by atoms with Crippen LogP contribution in [0.5, 0.6) is 5.75 Å². The van der Waals surface area contributed by atoms with E-state index in [2.05, 4.69) is 20.5 Å². The number of aromatic nitrogens is 4. The van der Waals surface area contributed by atoms with E-state index in [0.717, 1.165) is 18.1 Å². The average molecular weight is 307 g/mol. The van der Waals surface area contributed by atoms with Gasteiger partial charge in [0.25, 0.3) is 5.91 Å². The number of nitrogens with one attached hydrogen (secondary N) is 2. The predicted octanol–water partition coefficient (Wildman–Crippen LogP) is -0.709. The highest BCUT2D eigenvalue weighted by atomic mass is 16.5. The number of carbonyl (C=O) groups excluding carboxylic acids is 1. The zero-order valence-corrected chi connectivity index (χ0v) is 12.1. The summed E-state index contributed by atoms with van der Waals surface area (Å²) < 4.78 is 6.84. The summed E-state index contributed by atoms with van der Waals surface area (Å²) >= 11 is 0. The van der Waals surface area contributed by atoms with E-state index in [1.165, 1.54) is 0 Å². The Kier molecular flexibility index (Phi) is 5.26. The Bertz CT molecular complexity index is 694. The lowest BCUT2D eigenvalue weighted by atomic mass is 10.3. The third-order valence-electron chi connectivity index (χ3n) is 3.00. The van der Waals surface area contributed by atoms with Crippen LogP contribution in [-0.4, -0.2) is 51.0 Å². The second-order valence-electron chi connectivity index (χ2n) is 4.54. The number of aromatic amines is 1. The van der Waals surface area contributed by atoms with Crippen molar-refractivity contribution >= 4 is 5.91 Å². The number of methoxy groups -OCH3 is 1. The van der Waals surface area contributed by atoms with Crippen LogP contribution >= 0.6 is 0 Å². The van der Waals surface area contributed by atoms with E-state index >= 15 is 0 Å². The minimum atomic E-state index is -0.608. The molecular weight excluding hydrogens is 290 g/mol. The molecule has 2 aromatic heterocycles. The number of nitrogens with zero attached hydrogens (tertiary/aromatic N) is 3. The fraction of sp³-hybridized carbons (Fsp3) is 0.385. The van der Waals surface area contributed by atoms with Crippen molar-refractivity contribution in [2.24, 2.45) is 0 Å². The molecule has 0 unspecified atom stereocenters. The second kappa shape index (κ2) is 7.36. The van der Waals surface area contributed by atoms with Crippen LogP contribution in [0.15, 0.2) is 23.4 Å². The average Bonchev–Trinajstić information content (AvgIpc) is 2.95. The summed E-state index contributed by atoms with van der Waals surface area (Å²) in [4.78, 5) is 25.7. The highest BCUT2D eigenvalue weighted by Gasteiger charge is 2.09. The Balaban J connectivity index is 1.88. The monoisotopic (exact) mass is 307 g/mol. The summed E-state index contributed by atoms with van der Waals surface area (Å²) in [6, 6.07) is 1.05. The largest absolute Gasteiger partial charge is 0.503 e. The van der Waals surface area contributed by atoms with Crippen molar-refractivity contribution in [1.29, 1.82) is 0 Å². The second-order valence-corrected chi connectivity index (χ2v) is 4.54. The molecule has 0 saturated heterocycles. The summed E-state index contributed by atoms with van der Waals surface area (Å²) in [6.45, 7) is 1.53. The number of pyridine rings is 1. The standard InChI is InChI=1S/C13H17N5O4/c1-22-5-4-18-8-16-17-12(18)2-3-14-13(21)9-6-10(19)11(20)7-15-9/h6-8,20H,2-5H2,1H3,(H,14,21)(H,15,19). The molecule has 0 fully saturated rings. The van der Waals surface area contributed by atoms with Crippen molar-refractivity contribution in [1.82, 2.24) is 25.1 Å². The predicted molar refractivity (Wildman–Crippen MR) is 76.7 cm³/mol. The van der Waals surface area contributed by atoms with Gasteiger partial charge in [0.15, 0.2) is 5.75 Å². The SMILES string of the molecule is COCCn1cnnc1CCNC(=O)c1cc(=O)c(O)c[nH]1. The number of ether oxygens (including phenoxy) is 1. The van der Waals surface area contributed by atoms with E-state index in [-0.39, 0.29) is 5.69 Å². The van der Waals surface area contributed by atoms with Crippen LogP contribution < -0.4 is 10.7 Å². The van der Waals surface area contributed by atoms with Gasteiger partial charge in [-0.05, 0) is 0 Å². The zero-order chi connectivity index (χ0) is 15.9. The zero-order valence-electron chi connectivity index (χ0n) is 12.1. The van der Waals surface area contributed by atoms with Crippen LogP contribution in [0.3, 0.4) is 0 Å². The molecule has 0 radical (unpaired) electrons. The normalized spacial score (nSPS) is 10.6. The van der Waals surface area contributed by atoms with Gasteiger partial charge in [-0.2, -0.15) is 0 Å². The molecular formula is C13H17N5O4. The molecule has 0 aliphatic carbocycles. The van der Waals surface area contributed by atoms with E-state index in [1.807, 2.05) is 4.57 Å². The molecule has 2 aromatic rings. The maximum absolute atomic E-state index is 11.9. The number of aromatic hydroxyl groups is 1. The smallest absolute Gasteiger partial charge is 0.267 e. The Labute approximate surface area is 126 Å². The molecule has 0 saturated carbocycles. The van der Waals surface area contributed by atoms with Crippen LogP contribution in [0.25, 0.3) is 0 Å². The molecule has 0 spiro atoms. The first-order valence-corrected chi connectivity index (χ1v) is 6.67. The number of amides is 1. The van der Waals surface area contributed by atoms with Gasteiger partial charge in [0.2, 0.25) is 5.43 Å². The molecule has 1 amide bonds. The number of carbonyl (C=O) groups is 1. The fourth-order valence-corrected chi connectivity index (χ4v) is 1.83. The Morgan fingerprint density at radius 2 is 2.36 bits per heavy atom. The summed E-state index contributed by atoms with van der Waals surface area (Å²) in [5.41, 5.74) is -0.521. The maximum Gasteiger partial charge on any atom is 0.267 e. The lowest BCUT2D eigenvalue weighted by molar-refractivity contribution is 0.0948. The van der Waals surface area contributed by atoms with Gasteiger partial charge in [0.1, 0.15) is 17.8 Å². The molecule has 22 heavy (non-hydrogen) atoms. The summed E-state index contributed by atoms with van der Waals surface area (Å²) in [6.07, 6.45) is 3.18. The molecule has 0 aromatic carbocycles. The van der Waals surface area contributed by atoms with Crippen molar-refractivity contribution in [2.75, 3.05) is 20.3 Å². The maximum atomic E-state index is 11.9. The first-order chi connectivity index (χ1) is 10.6. The molecule has 0 atom stereocenters. The first-order valence-electron chi connectivity index (χ1n) is 6.67. The highest BCUT2D eigenvalue weighted by Crippen LogP contribution is 1.99. The highest BCUT2D eigenvalue weighted by molar-refractivity contribution is 5.92. The quantitative estimate of drug-likeness (QED) is 0.621. The summed E-state index contributed by atoms with van der Waals surface area (Å²) in [5.74, 6) is -0.126. The molecule has 9 nitrogen and oxygen atoms in total. The number of H-pyrrole nitrogens is 1. The minimum absolute atomic E-state index is 0.0867. The number of rotatable bonds is 7. The van der Waals surface area contributed by atoms with Crippen molar-refractivity contribution in [3.63, 3.8) is 0 Å². The fourth-order valence-electron chi connectivity index (χ4n) is 1.83. The van der Waals surface area contributed by atoms with Gasteiger partial charge in [0, 0.05) is 38.9 Å². The lowest BCUT2D eigenvalue weighted by Gasteiger charge is -2.07. The summed E-state index contributed by atoms with van der Waals surface area (Å²) in [7, 11) is 1.61. The van der Waals surface area contributed by atoms with Gasteiger partial charge in [-0.25, -0.2) is 0 Å². The molecule has 118 valence electrons. The van der Waals surface area contributed by atoms with Gasteiger partial charge in [-0.1, -0.05) is 0 Å². The molecule has 0 aliphatic rings. The molecule has 0 aliphatic heterocycles. The third kappa shape index (κ3) is 3.92. The molecule has 9 heteroatoms. The van der Waals surface area contributed by atoms with Crippen molar-refractivity contribution in [3.8, 4) is 5.75 Å². The van der Waals surface area contributed by atoms with Crippen LogP contribution in [0.4, 0.5) is 0 Å². The molecule has 0 bridgehead atoms. The van der Waals surface area contributed by atoms with Gasteiger partial charge in [-0.15, -0.1) is 10.2 Å². The van der Waals surface area contributed by atoms with E-state index in [0.29, 0.717) is 26.1 Å². The van der Waals surface area contributed by atoms with E-state index < -0.39 is 17.1 Å². The first kappa shape index (κ1) is 15.7. The summed E-state index contributed by atoms with van der Waals surface area (Å²) in [5, 5.41) is 19.6. The van der Waals surface area contributed by atoms with Crippen LogP contribution in [-0.2, 0) is 17.7 Å². The molecule has 3 N–H and O–H groups in total. The number of hydrogen-bond acceptors (Lipinski definition) is 6. The minimum Gasteiger partial charge on any atom is -0.503 e. The third-order valence-corrected chi connectivity index (χ3v) is 3.00. The Morgan fingerprint density at radius 1 is 1.55 bits per heavy atom. The topological polar surface area (TPSA) is 122 Å².